The van der Waals surface area contributed by atoms with Crippen molar-refractivity contribution in [3.8, 4) is 5.69 Å². The topological polar surface area (TPSA) is 72.7 Å². The van der Waals surface area contributed by atoms with Gasteiger partial charge in [-0.2, -0.15) is 4.68 Å². The number of aromatic nitrogens is 4. The molecule has 2 aromatic rings. The van der Waals surface area contributed by atoms with Crippen molar-refractivity contribution in [1.29, 1.82) is 0 Å². The molecule has 0 spiro atoms. The van der Waals surface area contributed by atoms with E-state index in [0.717, 1.165) is 29.7 Å². The summed E-state index contributed by atoms with van der Waals surface area (Å²) in [7, 11) is 0. The van der Waals surface area contributed by atoms with Crippen molar-refractivity contribution in [2.24, 2.45) is 0 Å². The zero-order valence-electron chi connectivity index (χ0n) is 14.0. The minimum Gasteiger partial charge on any atom is -0.353 e. The summed E-state index contributed by atoms with van der Waals surface area (Å²) in [6.07, 6.45) is 2.04. The van der Waals surface area contributed by atoms with Crippen LogP contribution in [0.2, 0.25) is 0 Å². The van der Waals surface area contributed by atoms with Crippen LogP contribution >= 0.6 is 11.8 Å². The van der Waals surface area contributed by atoms with E-state index in [0.29, 0.717) is 10.9 Å². The van der Waals surface area contributed by atoms with Gasteiger partial charge in [-0.3, -0.25) is 4.79 Å². The second kappa shape index (κ2) is 8.10. The fraction of sp³-hybridized carbons (Fsp3) is 0.500. The number of thioether (sulfide) groups is 1. The molecular weight excluding hydrogens is 310 g/mol. The van der Waals surface area contributed by atoms with Crippen LogP contribution in [0.5, 0.6) is 0 Å². The Morgan fingerprint density at radius 2 is 2.04 bits per heavy atom. The highest BCUT2D eigenvalue weighted by atomic mass is 32.2. The molecule has 0 unspecified atom stereocenters. The van der Waals surface area contributed by atoms with Crippen molar-refractivity contribution < 1.29 is 4.79 Å². The van der Waals surface area contributed by atoms with Gasteiger partial charge in [0.1, 0.15) is 0 Å². The largest absolute Gasteiger partial charge is 0.353 e. The Hall–Kier alpha value is -1.89. The Kier molecular flexibility index (Phi) is 6.15. The zero-order valence-corrected chi connectivity index (χ0v) is 14.9. The van der Waals surface area contributed by atoms with Crippen LogP contribution in [0.1, 0.15) is 37.8 Å². The Balaban J connectivity index is 2.06. The van der Waals surface area contributed by atoms with E-state index in [1.165, 1.54) is 11.8 Å². The van der Waals surface area contributed by atoms with Crippen LogP contribution in [-0.2, 0) is 4.79 Å². The minimum atomic E-state index is 0.00649. The quantitative estimate of drug-likeness (QED) is 0.789. The van der Waals surface area contributed by atoms with Crippen LogP contribution in [0.25, 0.3) is 5.69 Å². The maximum atomic E-state index is 12.0. The van der Waals surface area contributed by atoms with Gasteiger partial charge >= 0.3 is 0 Å². The molecule has 0 saturated carbocycles. The fourth-order valence-corrected chi connectivity index (χ4v) is 3.19. The molecule has 1 atom stereocenters. The number of nitrogens with one attached hydrogen (secondary N) is 1. The first-order chi connectivity index (χ1) is 11.0. The average Bonchev–Trinajstić information content (AvgIpc) is 2.93. The van der Waals surface area contributed by atoms with E-state index in [4.69, 9.17) is 0 Å². The second-order valence-corrected chi connectivity index (χ2v) is 6.60. The third-order valence-electron chi connectivity index (χ3n) is 3.55. The van der Waals surface area contributed by atoms with Crippen LogP contribution in [0.15, 0.2) is 23.4 Å². The molecule has 1 amide bonds. The Bertz CT molecular complexity index is 650. The number of aryl methyl sites for hydroxylation is 2. The summed E-state index contributed by atoms with van der Waals surface area (Å²) in [6, 6.07) is 6.26. The maximum absolute atomic E-state index is 12.0. The number of para-hydroxylation sites is 1. The van der Waals surface area contributed by atoms with Crippen LogP contribution in [-0.4, -0.2) is 37.9 Å². The van der Waals surface area contributed by atoms with Crippen molar-refractivity contribution >= 4 is 17.7 Å². The van der Waals surface area contributed by atoms with Crippen LogP contribution in [0, 0.1) is 13.8 Å². The van der Waals surface area contributed by atoms with Crippen LogP contribution in [0.3, 0.4) is 0 Å². The number of amides is 1. The zero-order chi connectivity index (χ0) is 16.8. The lowest BCUT2D eigenvalue weighted by molar-refractivity contribution is -0.119. The molecule has 0 aliphatic carbocycles. The number of carbonyl (C=O) groups is 1. The first-order valence-corrected chi connectivity index (χ1v) is 8.78. The molecule has 1 heterocycles. The number of hydrogen-bond donors (Lipinski definition) is 1. The molecule has 1 aromatic heterocycles. The molecule has 1 aromatic carbocycles. The summed E-state index contributed by atoms with van der Waals surface area (Å²) >= 11 is 1.35. The Labute approximate surface area is 141 Å². The molecule has 23 heavy (non-hydrogen) atoms. The van der Waals surface area contributed by atoms with Gasteiger partial charge in [0.15, 0.2) is 0 Å². The summed E-state index contributed by atoms with van der Waals surface area (Å²) in [5.74, 6) is 0.311. The second-order valence-electron chi connectivity index (χ2n) is 5.66. The smallest absolute Gasteiger partial charge is 0.230 e. The summed E-state index contributed by atoms with van der Waals surface area (Å²) < 4.78 is 1.71. The Morgan fingerprint density at radius 1 is 1.35 bits per heavy atom. The number of nitrogens with zero attached hydrogens (tertiary/aromatic N) is 4. The molecule has 0 aliphatic heterocycles. The predicted octanol–water partition coefficient (Wildman–Crippen LogP) is 2.68. The molecule has 0 saturated heterocycles. The number of benzene rings is 1. The average molecular weight is 333 g/mol. The lowest BCUT2D eigenvalue weighted by Gasteiger charge is -2.13. The molecule has 0 bridgehead atoms. The van der Waals surface area contributed by atoms with Gasteiger partial charge in [0.25, 0.3) is 0 Å². The van der Waals surface area contributed by atoms with Crippen molar-refractivity contribution in [3.05, 3.63) is 29.3 Å². The number of carbonyl (C=O) groups excluding carboxylic acids is 1. The summed E-state index contributed by atoms with van der Waals surface area (Å²) in [5.41, 5.74) is 3.17. The molecule has 7 heteroatoms. The summed E-state index contributed by atoms with van der Waals surface area (Å²) in [4.78, 5) is 12.0. The van der Waals surface area contributed by atoms with Gasteiger partial charge in [-0.05, 0) is 48.7 Å². The first-order valence-electron chi connectivity index (χ1n) is 7.80. The van der Waals surface area contributed by atoms with E-state index in [-0.39, 0.29) is 11.9 Å². The summed E-state index contributed by atoms with van der Waals surface area (Å²) in [6.45, 7) is 8.18. The van der Waals surface area contributed by atoms with Gasteiger partial charge in [0, 0.05) is 6.04 Å². The molecular formula is C16H23N5OS. The fourth-order valence-electron chi connectivity index (χ4n) is 2.50. The van der Waals surface area contributed by atoms with Crippen molar-refractivity contribution in [2.75, 3.05) is 5.75 Å². The van der Waals surface area contributed by atoms with Gasteiger partial charge in [-0.15, -0.1) is 5.10 Å². The normalized spacial score (nSPS) is 12.2. The van der Waals surface area contributed by atoms with Gasteiger partial charge in [0.2, 0.25) is 11.1 Å². The van der Waals surface area contributed by atoms with Crippen molar-refractivity contribution in [2.45, 2.75) is 51.7 Å². The van der Waals surface area contributed by atoms with E-state index in [9.17, 15) is 4.79 Å². The standard InChI is InChI=1S/C16H23N5OS/c1-5-7-13(4)17-14(22)10-23-16-18-19-20-21(16)15-11(2)8-6-9-12(15)3/h6,8-9,13H,5,7,10H2,1-4H3,(H,17,22)/t13-/m1/s1. The van der Waals surface area contributed by atoms with E-state index in [2.05, 4.69) is 27.8 Å². The van der Waals surface area contributed by atoms with Gasteiger partial charge in [0.05, 0.1) is 11.4 Å². The Morgan fingerprint density at radius 3 is 2.70 bits per heavy atom. The van der Waals surface area contributed by atoms with Gasteiger partial charge in [-0.25, -0.2) is 0 Å². The molecule has 1 N–H and O–H groups in total. The van der Waals surface area contributed by atoms with Gasteiger partial charge < -0.3 is 5.32 Å². The number of rotatable bonds is 7. The van der Waals surface area contributed by atoms with Crippen molar-refractivity contribution in [1.82, 2.24) is 25.5 Å². The van der Waals surface area contributed by atoms with Gasteiger partial charge in [-0.1, -0.05) is 43.3 Å². The lowest BCUT2D eigenvalue weighted by atomic mass is 10.1. The maximum Gasteiger partial charge on any atom is 0.230 e. The third-order valence-corrected chi connectivity index (χ3v) is 4.47. The van der Waals surface area contributed by atoms with E-state index < -0.39 is 0 Å². The van der Waals surface area contributed by atoms with Crippen LogP contribution < -0.4 is 5.32 Å². The van der Waals surface area contributed by atoms with Crippen LogP contribution in [0.4, 0.5) is 0 Å². The number of hydrogen-bond acceptors (Lipinski definition) is 5. The molecule has 2 rings (SSSR count). The molecule has 124 valence electrons. The lowest BCUT2D eigenvalue weighted by Crippen LogP contribution is -2.33. The highest BCUT2D eigenvalue weighted by Gasteiger charge is 2.15. The molecule has 0 aliphatic rings. The SMILES string of the molecule is CCC[C@@H](C)NC(=O)CSc1nnnn1-c1c(C)cccc1C. The number of tetrazole rings is 1. The predicted molar refractivity (Wildman–Crippen MR) is 91.9 cm³/mol. The highest BCUT2D eigenvalue weighted by molar-refractivity contribution is 7.99. The molecule has 0 radical (unpaired) electrons. The monoisotopic (exact) mass is 333 g/mol. The van der Waals surface area contributed by atoms with E-state index >= 15 is 0 Å². The van der Waals surface area contributed by atoms with Crippen molar-refractivity contribution in [3.63, 3.8) is 0 Å². The van der Waals surface area contributed by atoms with E-state index in [1.54, 1.807) is 4.68 Å². The first kappa shape index (κ1) is 17.5. The molecule has 6 nitrogen and oxygen atoms in total. The molecule has 0 fully saturated rings. The third kappa shape index (κ3) is 4.54. The summed E-state index contributed by atoms with van der Waals surface area (Å²) in [5, 5.41) is 15.5. The van der Waals surface area contributed by atoms with E-state index in [1.807, 2.05) is 39.0 Å². The highest BCUT2D eigenvalue weighted by Crippen LogP contribution is 2.23. The minimum absolute atomic E-state index is 0.00649.